The van der Waals surface area contributed by atoms with Gasteiger partial charge in [-0.25, -0.2) is 0 Å². The lowest BCUT2D eigenvalue weighted by Gasteiger charge is -2.27. The minimum absolute atomic E-state index is 0.0285. The van der Waals surface area contributed by atoms with Crippen LogP contribution < -0.4 is 0 Å². The van der Waals surface area contributed by atoms with Gasteiger partial charge in [0.25, 0.3) is 0 Å². The van der Waals surface area contributed by atoms with Crippen LogP contribution in [0.1, 0.15) is 63.8 Å². The van der Waals surface area contributed by atoms with Gasteiger partial charge in [0, 0.05) is 22.9 Å². The third-order valence-corrected chi connectivity index (χ3v) is 4.32. The number of aliphatic hydroxyl groups excluding tert-OH is 1. The molecular formula is C22H29NO2. The Bertz CT molecular complexity index is 778. The third-order valence-electron chi connectivity index (χ3n) is 4.32. The Morgan fingerprint density at radius 1 is 0.960 bits per heavy atom. The van der Waals surface area contributed by atoms with Crippen molar-refractivity contribution in [2.45, 2.75) is 59.0 Å². The first-order valence-corrected chi connectivity index (χ1v) is 8.65. The summed E-state index contributed by atoms with van der Waals surface area (Å²) in [6.07, 6.45) is 1.69. The molecule has 3 nitrogen and oxygen atoms in total. The highest BCUT2D eigenvalue weighted by atomic mass is 16.3. The third kappa shape index (κ3) is 4.49. The summed E-state index contributed by atoms with van der Waals surface area (Å²) < 4.78 is 0. The van der Waals surface area contributed by atoms with E-state index in [4.69, 9.17) is 0 Å². The van der Waals surface area contributed by atoms with Gasteiger partial charge in [-0.05, 0) is 28.5 Å². The molecule has 0 saturated heterocycles. The molecule has 0 heterocycles. The molecule has 0 amide bonds. The molecule has 0 bridgehead atoms. The van der Waals surface area contributed by atoms with Gasteiger partial charge in [0.05, 0.1) is 12.3 Å². The minimum atomic E-state index is -0.170. The zero-order valence-electron chi connectivity index (χ0n) is 16.1. The molecule has 0 radical (unpaired) electrons. The van der Waals surface area contributed by atoms with Gasteiger partial charge in [-0.15, -0.1) is 0 Å². The van der Waals surface area contributed by atoms with Crippen LogP contribution >= 0.6 is 0 Å². The molecule has 0 aliphatic rings. The number of hydrogen-bond acceptors (Lipinski definition) is 3. The highest BCUT2D eigenvalue weighted by molar-refractivity contribution is 5.87. The predicted octanol–water partition coefficient (Wildman–Crippen LogP) is 5.23. The highest BCUT2D eigenvalue weighted by Crippen LogP contribution is 2.37. The standard InChI is InChI=1S/C22H29NO2/c1-21(2,3)17-11-16(20(25)18(12-17)22(4,5)6)13-23-19-10-8-7-9-15(19)14-24/h7-13,24-25H,14H2,1-6H3. The van der Waals surface area contributed by atoms with Crippen molar-refractivity contribution in [2.75, 3.05) is 0 Å². The number of phenols is 1. The number of rotatable bonds is 3. The van der Waals surface area contributed by atoms with Crippen LogP contribution in [0.5, 0.6) is 5.75 Å². The number of nitrogens with zero attached hydrogens (tertiary/aromatic N) is 1. The van der Waals surface area contributed by atoms with Gasteiger partial charge in [-0.1, -0.05) is 65.8 Å². The lowest BCUT2D eigenvalue weighted by molar-refractivity contribution is 0.282. The molecule has 0 fully saturated rings. The van der Waals surface area contributed by atoms with Crippen molar-refractivity contribution < 1.29 is 10.2 Å². The van der Waals surface area contributed by atoms with E-state index < -0.39 is 0 Å². The molecule has 2 aromatic carbocycles. The van der Waals surface area contributed by atoms with Gasteiger partial charge >= 0.3 is 0 Å². The lowest BCUT2D eigenvalue weighted by atomic mass is 9.79. The van der Waals surface area contributed by atoms with Crippen molar-refractivity contribution in [3.05, 3.63) is 58.7 Å². The van der Waals surface area contributed by atoms with Crippen molar-refractivity contribution >= 4 is 11.9 Å². The Balaban J connectivity index is 2.58. The summed E-state index contributed by atoms with van der Waals surface area (Å²) in [4.78, 5) is 4.51. The molecule has 134 valence electrons. The van der Waals surface area contributed by atoms with Crippen LogP contribution in [0.15, 0.2) is 41.4 Å². The molecule has 0 spiro atoms. The van der Waals surface area contributed by atoms with Gasteiger partial charge in [-0.3, -0.25) is 4.99 Å². The van der Waals surface area contributed by atoms with Crippen LogP contribution in [0, 0.1) is 0 Å². The second kappa shape index (κ2) is 7.01. The molecule has 25 heavy (non-hydrogen) atoms. The molecule has 0 unspecified atom stereocenters. The van der Waals surface area contributed by atoms with Crippen molar-refractivity contribution in [3.8, 4) is 5.75 Å². The molecule has 0 aliphatic carbocycles. The summed E-state index contributed by atoms with van der Waals surface area (Å²) in [5, 5.41) is 20.2. The second-order valence-electron chi connectivity index (χ2n) is 8.51. The number of aliphatic hydroxyl groups is 1. The van der Waals surface area contributed by atoms with Crippen molar-refractivity contribution in [1.29, 1.82) is 0 Å². The molecule has 2 rings (SSSR count). The molecule has 2 N–H and O–H groups in total. The van der Waals surface area contributed by atoms with Crippen LogP contribution in [-0.4, -0.2) is 16.4 Å². The Labute approximate surface area is 151 Å². The number of benzene rings is 2. The van der Waals surface area contributed by atoms with E-state index in [1.54, 1.807) is 6.21 Å². The highest BCUT2D eigenvalue weighted by Gasteiger charge is 2.24. The number of aliphatic imine (C=N–C) groups is 1. The van der Waals surface area contributed by atoms with E-state index in [9.17, 15) is 10.2 Å². The fourth-order valence-corrected chi connectivity index (χ4v) is 2.67. The first-order valence-electron chi connectivity index (χ1n) is 8.65. The van der Waals surface area contributed by atoms with Crippen molar-refractivity contribution in [1.82, 2.24) is 0 Å². The second-order valence-corrected chi connectivity index (χ2v) is 8.51. The maximum atomic E-state index is 10.8. The SMILES string of the molecule is CC(C)(C)c1cc(C=Nc2ccccc2CO)c(O)c(C(C)(C)C)c1. The van der Waals surface area contributed by atoms with Crippen LogP contribution in [0.25, 0.3) is 0 Å². The van der Waals surface area contributed by atoms with Crippen LogP contribution in [-0.2, 0) is 17.4 Å². The number of phenolic OH excluding ortho intramolecular Hbond substituents is 1. The van der Waals surface area contributed by atoms with Crippen LogP contribution in [0.2, 0.25) is 0 Å². The summed E-state index contributed by atoms with van der Waals surface area (Å²) >= 11 is 0. The zero-order chi connectivity index (χ0) is 18.8. The monoisotopic (exact) mass is 339 g/mol. The first kappa shape index (κ1) is 19.2. The maximum absolute atomic E-state index is 10.8. The summed E-state index contributed by atoms with van der Waals surface area (Å²) in [6, 6.07) is 11.6. The van der Waals surface area contributed by atoms with E-state index in [2.05, 4.69) is 52.6 Å². The Kier molecular flexibility index (Phi) is 5.38. The van der Waals surface area contributed by atoms with Gasteiger partial charge in [0.15, 0.2) is 0 Å². The molecule has 3 heteroatoms. The normalized spacial score (nSPS) is 12.8. The number of aromatic hydroxyl groups is 1. The minimum Gasteiger partial charge on any atom is -0.507 e. The summed E-state index contributed by atoms with van der Waals surface area (Å²) in [5.41, 5.74) is 4.05. The van der Waals surface area contributed by atoms with Gasteiger partial charge in [0.1, 0.15) is 5.75 Å². The Morgan fingerprint density at radius 2 is 1.60 bits per heavy atom. The summed E-state index contributed by atoms with van der Waals surface area (Å²) in [7, 11) is 0. The van der Waals surface area contributed by atoms with Crippen LogP contribution in [0.3, 0.4) is 0 Å². The van der Waals surface area contributed by atoms with E-state index in [1.807, 2.05) is 30.3 Å². The molecule has 0 aromatic heterocycles. The first-order chi connectivity index (χ1) is 11.5. The Morgan fingerprint density at radius 3 is 2.16 bits per heavy atom. The molecule has 2 aromatic rings. The van der Waals surface area contributed by atoms with E-state index in [0.29, 0.717) is 11.3 Å². The summed E-state index contributed by atoms with van der Waals surface area (Å²) in [6.45, 7) is 12.7. The maximum Gasteiger partial charge on any atom is 0.128 e. The number of hydrogen-bond donors (Lipinski definition) is 2. The topological polar surface area (TPSA) is 52.8 Å². The molecular weight excluding hydrogens is 310 g/mol. The lowest BCUT2D eigenvalue weighted by Crippen LogP contribution is -2.17. The van der Waals surface area contributed by atoms with E-state index in [-0.39, 0.29) is 23.2 Å². The van der Waals surface area contributed by atoms with Crippen molar-refractivity contribution in [3.63, 3.8) is 0 Å². The van der Waals surface area contributed by atoms with E-state index in [1.165, 1.54) is 0 Å². The molecule has 0 saturated carbocycles. The van der Waals surface area contributed by atoms with E-state index >= 15 is 0 Å². The fourth-order valence-electron chi connectivity index (χ4n) is 2.67. The molecule has 0 atom stereocenters. The van der Waals surface area contributed by atoms with Gasteiger partial charge < -0.3 is 10.2 Å². The van der Waals surface area contributed by atoms with E-state index in [0.717, 1.165) is 16.7 Å². The Hall–Kier alpha value is -2.13. The summed E-state index contributed by atoms with van der Waals surface area (Å²) in [5.74, 6) is 0.269. The average molecular weight is 339 g/mol. The predicted molar refractivity (Wildman–Crippen MR) is 105 cm³/mol. The fraction of sp³-hybridized carbons (Fsp3) is 0.409. The average Bonchev–Trinajstić information content (AvgIpc) is 2.51. The largest absolute Gasteiger partial charge is 0.507 e. The number of para-hydroxylation sites is 1. The quantitative estimate of drug-likeness (QED) is 0.752. The van der Waals surface area contributed by atoms with Gasteiger partial charge in [-0.2, -0.15) is 0 Å². The molecule has 0 aliphatic heterocycles. The van der Waals surface area contributed by atoms with Crippen LogP contribution in [0.4, 0.5) is 5.69 Å². The smallest absolute Gasteiger partial charge is 0.128 e. The van der Waals surface area contributed by atoms with Crippen molar-refractivity contribution in [2.24, 2.45) is 4.99 Å². The van der Waals surface area contributed by atoms with Gasteiger partial charge in [0.2, 0.25) is 0 Å². The zero-order valence-corrected chi connectivity index (χ0v) is 16.1.